The van der Waals surface area contributed by atoms with Crippen LogP contribution in [0.5, 0.6) is 11.5 Å². The quantitative estimate of drug-likeness (QED) is 0.773. The monoisotopic (exact) mass is 298 g/mol. The van der Waals surface area contributed by atoms with Crippen LogP contribution >= 0.6 is 0 Å². The van der Waals surface area contributed by atoms with Crippen molar-refractivity contribution < 1.29 is 19.4 Å². The van der Waals surface area contributed by atoms with E-state index in [0.29, 0.717) is 28.4 Å². The number of aromatic carboxylic acids is 1. The molecule has 22 heavy (non-hydrogen) atoms. The molecule has 0 amide bonds. The van der Waals surface area contributed by atoms with E-state index in [4.69, 9.17) is 14.6 Å². The Balaban J connectivity index is 2.15. The lowest BCUT2D eigenvalue weighted by Gasteiger charge is -2.08. The highest BCUT2D eigenvalue weighted by atomic mass is 16.5. The van der Waals surface area contributed by atoms with Gasteiger partial charge in [-0.3, -0.25) is 0 Å². The fraction of sp³-hybridized carbons (Fsp3) is 0.125. The van der Waals surface area contributed by atoms with Crippen molar-refractivity contribution in [3.8, 4) is 22.9 Å². The van der Waals surface area contributed by atoms with E-state index in [9.17, 15) is 4.79 Å². The molecule has 6 heteroatoms. The van der Waals surface area contributed by atoms with Gasteiger partial charge in [-0.1, -0.05) is 0 Å². The number of methoxy groups -OCH3 is 2. The first-order valence-corrected chi connectivity index (χ1v) is 6.58. The molecule has 0 aliphatic heterocycles. The summed E-state index contributed by atoms with van der Waals surface area (Å²) in [5, 5.41) is 9.05. The first-order valence-electron chi connectivity index (χ1n) is 6.58. The van der Waals surface area contributed by atoms with E-state index in [1.54, 1.807) is 38.5 Å². The van der Waals surface area contributed by atoms with Gasteiger partial charge >= 0.3 is 5.97 Å². The van der Waals surface area contributed by atoms with E-state index in [0.717, 1.165) is 5.56 Å². The van der Waals surface area contributed by atoms with E-state index >= 15 is 0 Å². The van der Waals surface area contributed by atoms with Crippen LogP contribution in [0.3, 0.4) is 0 Å². The number of carboxylic acid groups (broad SMARTS) is 1. The van der Waals surface area contributed by atoms with Gasteiger partial charge in [0.05, 0.1) is 36.4 Å². The highest BCUT2D eigenvalue weighted by Gasteiger charge is 2.13. The summed E-state index contributed by atoms with van der Waals surface area (Å²) in [4.78, 5) is 18.6. The smallest absolute Gasteiger partial charge is 0.335 e. The number of carbonyl (C=O) groups is 1. The van der Waals surface area contributed by atoms with E-state index in [1.165, 1.54) is 6.07 Å². The summed E-state index contributed by atoms with van der Waals surface area (Å²) in [7, 11) is 3.17. The molecular weight excluding hydrogens is 284 g/mol. The van der Waals surface area contributed by atoms with Crippen molar-refractivity contribution in [3.05, 3.63) is 42.0 Å². The van der Waals surface area contributed by atoms with E-state index in [-0.39, 0.29) is 5.56 Å². The topological polar surface area (TPSA) is 84.4 Å². The number of hydrogen-bond acceptors (Lipinski definition) is 4. The van der Waals surface area contributed by atoms with E-state index < -0.39 is 5.97 Å². The van der Waals surface area contributed by atoms with Crippen molar-refractivity contribution in [1.82, 2.24) is 9.97 Å². The molecule has 0 aliphatic rings. The molecule has 0 unspecified atom stereocenters. The summed E-state index contributed by atoms with van der Waals surface area (Å²) in [6, 6.07) is 10.2. The second-order valence-electron chi connectivity index (χ2n) is 4.69. The van der Waals surface area contributed by atoms with Gasteiger partial charge in [0, 0.05) is 0 Å². The molecule has 2 N–H and O–H groups in total. The van der Waals surface area contributed by atoms with Gasteiger partial charge in [-0.25, -0.2) is 9.78 Å². The molecule has 2 aromatic carbocycles. The number of aromatic amines is 1. The number of nitrogens with one attached hydrogen (secondary N) is 1. The first-order chi connectivity index (χ1) is 10.6. The van der Waals surface area contributed by atoms with Gasteiger partial charge in [-0.05, 0) is 36.4 Å². The Kier molecular flexibility index (Phi) is 3.42. The van der Waals surface area contributed by atoms with Gasteiger partial charge in [0.2, 0.25) is 0 Å². The average molecular weight is 298 g/mol. The summed E-state index contributed by atoms with van der Waals surface area (Å²) in [5.41, 5.74) is 2.29. The lowest BCUT2D eigenvalue weighted by molar-refractivity contribution is 0.0697. The number of imidazole rings is 1. The van der Waals surface area contributed by atoms with E-state index in [2.05, 4.69) is 9.97 Å². The molecule has 0 fully saturated rings. The minimum atomic E-state index is -0.975. The molecule has 6 nitrogen and oxygen atoms in total. The molecule has 3 rings (SSSR count). The summed E-state index contributed by atoms with van der Waals surface area (Å²) in [6.45, 7) is 0. The molecule has 0 radical (unpaired) electrons. The number of hydrogen-bond donors (Lipinski definition) is 2. The summed E-state index contributed by atoms with van der Waals surface area (Å²) in [5.74, 6) is 0.950. The van der Waals surface area contributed by atoms with E-state index in [1.807, 2.05) is 6.07 Å². The van der Waals surface area contributed by atoms with Gasteiger partial charge in [-0.2, -0.15) is 0 Å². The molecular formula is C16H14N2O4. The van der Waals surface area contributed by atoms with Crippen molar-refractivity contribution in [2.24, 2.45) is 0 Å². The Hall–Kier alpha value is -3.02. The molecule has 0 spiro atoms. The predicted octanol–water partition coefficient (Wildman–Crippen LogP) is 2.95. The summed E-state index contributed by atoms with van der Waals surface area (Å²) in [6.07, 6.45) is 0. The number of H-pyrrole nitrogens is 1. The van der Waals surface area contributed by atoms with Crippen LogP contribution in [0.4, 0.5) is 0 Å². The number of nitrogens with zero attached hydrogens (tertiary/aromatic N) is 1. The Morgan fingerprint density at radius 2 is 1.95 bits per heavy atom. The Labute approximate surface area is 126 Å². The molecule has 0 saturated heterocycles. The standard InChI is InChI=1S/C16H14N2O4/c1-21-10-4-6-14(22-2)11(8-10)15-17-12-5-3-9(16(19)20)7-13(12)18-15/h3-8H,1-2H3,(H,17,18)(H,19,20). The predicted molar refractivity (Wildman–Crippen MR) is 81.6 cm³/mol. The zero-order valence-corrected chi connectivity index (χ0v) is 12.1. The van der Waals surface area contributed by atoms with Crippen LogP contribution in [-0.2, 0) is 0 Å². The zero-order valence-electron chi connectivity index (χ0n) is 12.1. The minimum Gasteiger partial charge on any atom is -0.497 e. The third-order valence-corrected chi connectivity index (χ3v) is 3.39. The fourth-order valence-corrected chi connectivity index (χ4v) is 2.27. The molecule has 0 bridgehead atoms. The largest absolute Gasteiger partial charge is 0.497 e. The van der Waals surface area contributed by atoms with Crippen molar-refractivity contribution in [3.63, 3.8) is 0 Å². The Morgan fingerprint density at radius 3 is 2.64 bits per heavy atom. The van der Waals surface area contributed by atoms with Gasteiger partial charge in [0.25, 0.3) is 0 Å². The number of fused-ring (bicyclic) bond motifs is 1. The zero-order chi connectivity index (χ0) is 15.7. The summed E-state index contributed by atoms with van der Waals surface area (Å²) < 4.78 is 10.6. The highest BCUT2D eigenvalue weighted by molar-refractivity contribution is 5.93. The Bertz CT molecular complexity index is 854. The molecule has 3 aromatic rings. The normalized spacial score (nSPS) is 10.6. The number of carboxylic acids is 1. The first kappa shape index (κ1) is 13.9. The maximum atomic E-state index is 11.0. The Morgan fingerprint density at radius 1 is 1.14 bits per heavy atom. The maximum absolute atomic E-state index is 11.0. The fourth-order valence-electron chi connectivity index (χ4n) is 2.27. The van der Waals surface area contributed by atoms with Gasteiger partial charge in [-0.15, -0.1) is 0 Å². The molecule has 0 aliphatic carbocycles. The number of benzene rings is 2. The van der Waals surface area contributed by atoms with Crippen LogP contribution in [0.1, 0.15) is 10.4 Å². The molecule has 1 heterocycles. The van der Waals surface area contributed by atoms with Crippen molar-refractivity contribution in [2.75, 3.05) is 14.2 Å². The molecule has 1 aromatic heterocycles. The minimum absolute atomic E-state index is 0.209. The maximum Gasteiger partial charge on any atom is 0.335 e. The third-order valence-electron chi connectivity index (χ3n) is 3.39. The number of aromatic nitrogens is 2. The number of rotatable bonds is 4. The lowest BCUT2D eigenvalue weighted by atomic mass is 10.2. The van der Waals surface area contributed by atoms with Crippen molar-refractivity contribution in [1.29, 1.82) is 0 Å². The molecule has 0 saturated carbocycles. The average Bonchev–Trinajstić information content (AvgIpc) is 2.96. The van der Waals surface area contributed by atoms with Crippen LogP contribution in [0.2, 0.25) is 0 Å². The highest BCUT2D eigenvalue weighted by Crippen LogP contribution is 2.32. The van der Waals surface area contributed by atoms with Crippen molar-refractivity contribution >= 4 is 17.0 Å². The second kappa shape index (κ2) is 5.40. The third kappa shape index (κ3) is 2.35. The van der Waals surface area contributed by atoms with Crippen LogP contribution in [0.15, 0.2) is 36.4 Å². The van der Waals surface area contributed by atoms with Gasteiger partial charge < -0.3 is 19.6 Å². The van der Waals surface area contributed by atoms with Gasteiger partial charge in [0.15, 0.2) is 0 Å². The number of ether oxygens (including phenoxy) is 2. The van der Waals surface area contributed by atoms with Crippen LogP contribution in [0.25, 0.3) is 22.4 Å². The second-order valence-corrected chi connectivity index (χ2v) is 4.69. The molecule has 112 valence electrons. The van der Waals surface area contributed by atoms with Crippen LogP contribution in [0, 0.1) is 0 Å². The SMILES string of the molecule is COc1ccc(OC)c(-c2nc3ccc(C(=O)O)cc3[nH]2)c1. The molecule has 0 atom stereocenters. The van der Waals surface area contributed by atoms with Crippen LogP contribution in [-0.4, -0.2) is 35.3 Å². The summed E-state index contributed by atoms with van der Waals surface area (Å²) >= 11 is 0. The lowest BCUT2D eigenvalue weighted by Crippen LogP contribution is -1.94. The van der Waals surface area contributed by atoms with Crippen molar-refractivity contribution in [2.45, 2.75) is 0 Å². The van der Waals surface area contributed by atoms with Gasteiger partial charge in [0.1, 0.15) is 17.3 Å². The van der Waals surface area contributed by atoms with Crippen LogP contribution < -0.4 is 9.47 Å².